The van der Waals surface area contributed by atoms with Crippen LogP contribution in [-0.2, 0) is 14.2 Å². The van der Waals surface area contributed by atoms with E-state index >= 15 is 0 Å². The van der Waals surface area contributed by atoms with Gasteiger partial charge in [-0.15, -0.1) is 6.58 Å². The Hall–Kier alpha value is -0.540. The molecule has 0 saturated carbocycles. The predicted octanol–water partition coefficient (Wildman–Crippen LogP) is -1.26. The van der Waals surface area contributed by atoms with E-state index in [9.17, 15) is 15.3 Å². The van der Waals surface area contributed by atoms with Gasteiger partial charge >= 0.3 is 0 Å². The molecule has 1 aliphatic rings. The van der Waals surface area contributed by atoms with Crippen LogP contribution >= 0.6 is 0 Å². The second kappa shape index (κ2) is 7.91. The molecule has 0 aliphatic carbocycles. The van der Waals surface area contributed by atoms with Crippen LogP contribution in [0.3, 0.4) is 0 Å². The van der Waals surface area contributed by atoms with E-state index in [1.54, 1.807) is 13.0 Å². The molecule has 7 heteroatoms. The first-order valence-electron chi connectivity index (χ1n) is 6.23. The minimum atomic E-state index is -1.46. The molecule has 4 N–H and O–H groups in total. The Labute approximate surface area is 112 Å². The second-order valence-corrected chi connectivity index (χ2v) is 4.24. The molecule has 1 heterocycles. The molecule has 6 unspecified atom stereocenters. The van der Waals surface area contributed by atoms with Gasteiger partial charge in [-0.3, -0.25) is 0 Å². The van der Waals surface area contributed by atoms with E-state index in [2.05, 4.69) is 6.58 Å². The van der Waals surface area contributed by atoms with Crippen molar-refractivity contribution >= 4 is 0 Å². The first-order valence-corrected chi connectivity index (χ1v) is 6.23. The smallest absolute Gasteiger partial charge is 0.189 e. The van der Waals surface area contributed by atoms with Gasteiger partial charge in [0.05, 0.1) is 6.61 Å². The molecule has 0 amide bonds. The number of aliphatic hydroxyl groups is 4. The summed E-state index contributed by atoms with van der Waals surface area (Å²) in [6, 6.07) is 0. The van der Waals surface area contributed by atoms with E-state index in [4.69, 9.17) is 19.3 Å². The summed E-state index contributed by atoms with van der Waals surface area (Å²) in [4.78, 5) is 0. The van der Waals surface area contributed by atoms with Gasteiger partial charge in [0.2, 0.25) is 0 Å². The van der Waals surface area contributed by atoms with Crippen LogP contribution in [0.2, 0.25) is 0 Å². The monoisotopic (exact) mass is 278 g/mol. The maximum absolute atomic E-state index is 9.78. The van der Waals surface area contributed by atoms with E-state index < -0.39 is 43.6 Å². The summed E-state index contributed by atoms with van der Waals surface area (Å²) in [5, 5.41) is 38.1. The average Bonchev–Trinajstić information content (AvgIpc) is 2.40. The Morgan fingerprint density at radius 3 is 2.47 bits per heavy atom. The van der Waals surface area contributed by atoms with Gasteiger partial charge in [0.1, 0.15) is 24.4 Å². The largest absolute Gasteiger partial charge is 0.394 e. The molecule has 19 heavy (non-hydrogen) atoms. The topological polar surface area (TPSA) is 109 Å². The van der Waals surface area contributed by atoms with E-state index in [-0.39, 0.29) is 0 Å². The van der Waals surface area contributed by atoms with Crippen LogP contribution in [0.5, 0.6) is 0 Å². The standard InChI is InChI=1S/C12H22O7/c1-3-5-8(17-4-2)19-12-11(16)10(15)9(14)7(6-13)18-12/h3,7-16H,1,4-6H2,2H3. The number of rotatable bonds is 7. The van der Waals surface area contributed by atoms with Gasteiger partial charge in [-0.25, -0.2) is 0 Å². The molecule has 7 nitrogen and oxygen atoms in total. The molecule has 1 saturated heterocycles. The molecule has 112 valence electrons. The van der Waals surface area contributed by atoms with E-state index in [0.717, 1.165) is 0 Å². The summed E-state index contributed by atoms with van der Waals surface area (Å²) in [5.74, 6) is 0. The molecular weight excluding hydrogens is 256 g/mol. The van der Waals surface area contributed by atoms with Gasteiger partial charge < -0.3 is 34.6 Å². The van der Waals surface area contributed by atoms with Crippen LogP contribution in [0.25, 0.3) is 0 Å². The zero-order chi connectivity index (χ0) is 14.4. The predicted molar refractivity (Wildman–Crippen MR) is 65.1 cm³/mol. The zero-order valence-corrected chi connectivity index (χ0v) is 10.9. The van der Waals surface area contributed by atoms with Crippen molar-refractivity contribution in [2.45, 2.75) is 50.3 Å². The van der Waals surface area contributed by atoms with Gasteiger partial charge in [0.15, 0.2) is 12.6 Å². The fourth-order valence-corrected chi connectivity index (χ4v) is 1.81. The molecule has 6 atom stereocenters. The number of aliphatic hydroxyl groups excluding tert-OH is 4. The zero-order valence-electron chi connectivity index (χ0n) is 10.9. The van der Waals surface area contributed by atoms with Crippen LogP contribution in [-0.4, -0.2) is 70.6 Å². The van der Waals surface area contributed by atoms with Crippen molar-refractivity contribution in [3.63, 3.8) is 0 Å². The van der Waals surface area contributed by atoms with E-state index in [0.29, 0.717) is 13.0 Å². The Kier molecular flexibility index (Phi) is 6.87. The first-order chi connectivity index (χ1) is 9.04. The summed E-state index contributed by atoms with van der Waals surface area (Å²) in [5.41, 5.74) is 0. The summed E-state index contributed by atoms with van der Waals surface area (Å²) < 4.78 is 15.9. The molecule has 1 aliphatic heterocycles. The molecule has 0 aromatic heterocycles. The van der Waals surface area contributed by atoms with Crippen LogP contribution in [0.1, 0.15) is 13.3 Å². The lowest BCUT2D eigenvalue weighted by Crippen LogP contribution is -2.59. The lowest BCUT2D eigenvalue weighted by molar-refractivity contribution is -0.336. The fourth-order valence-electron chi connectivity index (χ4n) is 1.81. The van der Waals surface area contributed by atoms with Gasteiger partial charge in [-0.2, -0.15) is 0 Å². The molecule has 1 fully saturated rings. The number of ether oxygens (including phenoxy) is 3. The molecule has 0 aromatic carbocycles. The van der Waals surface area contributed by atoms with Gasteiger partial charge in [-0.05, 0) is 6.92 Å². The van der Waals surface area contributed by atoms with Crippen molar-refractivity contribution in [2.75, 3.05) is 13.2 Å². The molecule has 0 radical (unpaired) electrons. The van der Waals surface area contributed by atoms with Crippen molar-refractivity contribution in [1.29, 1.82) is 0 Å². The number of hydrogen-bond acceptors (Lipinski definition) is 7. The Balaban J connectivity index is 2.66. The summed E-state index contributed by atoms with van der Waals surface area (Å²) >= 11 is 0. The highest BCUT2D eigenvalue weighted by Crippen LogP contribution is 2.23. The lowest BCUT2D eigenvalue weighted by atomic mass is 9.99. The highest BCUT2D eigenvalue weighted by atomic mass is 16.8. The van der Waals surface area contributed by atoms with Gasteiger partial charge in [0.25, 0.3) is 0 Å². The summed E-state index contributed by atoms with van der Waals surface area (Å²) in [6.07, 6.45) is -5.17. The second-order valence-electron chi connectivity index (χ2n) is 4.24. The molecule has 0 bridgehead atoms. The number of hydrogen-bond donors (Lipinski definition) is 4. The third-order valence-electron chi connectivity index (χ3n) is 2.85. The van der Waals surface area contributed by atoms with Crippen LogP contribution in [0.4, 0.5) is 0 Å². The van der Waals surface area contributed by atoms with Crippen molar-refractivity contribution in [1.82, 2.24) is 0 Å². The maximum Gasteiger partial charge on any atom is 0.189 e. The molecular formula is C12H22O7. The van der Waals surface area contributed by atoms with Gasteiger partial charge in [0, 0.05) is 13.0 Å². The normalized spacial score (nSPS) is 37.0. The lowest BCUT2D eigenvalue weighted by Gasteiger charge is -2.40. The molecule has 0 spiro atoms. The minimum Gasteiger partial charge on any atom is -0.394 e. The van der Waals surface area contributed by atoms with Crippen LogP contribution < -0.4 is 0 Å². The highest BCUT2D eigenvalue weighted by Gasteiger charge is 2.44. The minimum absolute atomic E-state index is 0.378. The van der Waals surface area contributed by atoms with Crippen molar-refractivity contribution < 1.29 is 34.6 Å². The third kappa shape index (κ3) is 4.22. The molecule has 1 rings (SSSR count). The average molecular weight is 278 g/mol. The first kappa shape index (κ1) is 16.5. The van der Waals surface area contributed by atoms with E-state index in [1.807, 2.05) is 0 Å². The Morgan fingerprint density at radius 2 is 1.95 bits per heavy atom. The third-order valence-corrected chi connectivity index (χ3v) is 2.85. The highest BCUT2D eigenvalue weighted by molar-refractivity contribution is 4.89. The van der Waals surface area contributed by atoms with Crippen LogP contribution in [0, 0.1) is 0 Å². The van der Waals surface area contributed by atoms with Crippen molar-refractivity contribution in [3.8, 4) is 0 Å². The van der Waals surface area contributed by atoms with Crippen LogP contribution in [0.15, 0.2) is 12.7 Å². The SMILES string of the molecule is C=CCC(OCC)OC1OC(CO)C(O)C(O)C1O. The summed E-state index contributed by atoms with van der Waals surface area (Å²) in [6.45, 7) is 5.25. The Bertz CT molecular complexity index is 271. The summed E-state index contributed by atoms with van der Waals surface area (Å²) in [7, 11) is 0. The Morgan fingerprint density at radius 1 is 1.26 bits per heavy atom. The fraction of sp³-hybridized carbons (Fsp3) is 0.833. The van der Waals surface area contributed by atoms with Crippen molar-refractivity contribution in [3.05, 3.63) is 12.7 Å². The van der Waals surface area contributed by atoms with Gasteiger partial charge in [-0.1, -0.05) is 6.08 Å². The molecule has 0 aromatic rings. The van der Waals surface area contributed by atoms with E-state index in [1.165, 1.54) is 0 Å². The quantitative estimate of drug-likeness (QED) is 0.340. The maximum atomic E-state index is 9.78. The van der Waals surface area contributed by atoms with Crippen molar-refractivity contribution in [2.24, 2.45) is 0 Å².